The molecule has 7 heteroatoms. The molecule has 0 spiro atoms. The van der Waals surface area contributed by atoms with Gasteiger partial charge in [0, 0.05) is 25.0 Å². The van der Waals surface area contributed by atoms with Gasteiger partial charge in [-0.05, 0) is 37.3 Å². The van der Waals surface area contributed by atoms with Crippen molar-refractivity contribution in [1.82, 2.24) is 9.62 Å². The first-order valence-electron chi connectivity index (χ1n) is 8.73. The van der Waals surface area contributed by atoms with Crippen LogP contribution in [-0.4, -0.2) is 44.6 Å². The summed E-state index contributed by atoms with van der Waals surface area (Å²) in [6.07, 6.45) is 2.20. The van der Waals surface area contributed by atoms with Crippen molar-refractivity contribution < 1.29 is 17.6 Å². The molecule has 1 aliphatic rings. The first-order chi connectivity index (χ1) is 12.0. The van der Waals surface area contributed by atoms with Gasteiger partial charge in [0.25, 0.3) is 5.91 Å². The Morgan fingerprint density at radius 2 is 2.00 bits per heavy atom. The van der Waals surface area contributed by atoms with E-state index in [0.717, 1.165) is 18.2 Å². The quantitative estimate of drug-likeness (QED) is 0.854. The molecule has 0 saturated carbocycles. The van der Waals surface area contributed by atoms with Crippen molar-refractivity contribution in [3.63, 3.8) is 0 Å². The smallest absolute Gasteiger partial charge is 0.289 e. The molecule has 25 heavy (non-hydrogen) atoms. The fourth-order valence-electron chi connectivity index (χ4n) is 3.17. The number of piperidine rings is 1. The Labute approximate surface area is 148 Å². The van der Waals surface area contributed by atoms with Crippen LogP contribution in [0.2, 0.25) is 0 Å². The van der Waals surface area contributed by atoms with Crippen LogP contribution in [0.3, 0.4) is 0 Å². The molecule has 0 bridgehead atoms. The molecule has 1 aromatic carbocycles. The van der Waals surface area contributed by atoms with Crippen molar-refractivity contribution in [1.29, 1.82) is 0 Å². The maximum absolute atomic E-state index is 12.6. The van der Waals surface area contributed by atoms with Crippen LogP contribution in [0.1, 0.15) is 36.7 Å². The number of carbonyl (C=O) groups excluding carboxylic acids is 1. The first kappa shape index (κ1) is 17.9. The lowest BCUT2D eigenvalue weighted by Crippen LogP contribution is -2.41. The zero-order valence-corrected chi connectivity index (χ0v) is 15.2. The third kappa shape index (κ3) is 4.41. The second-order valence-electron chi connectivity index (χ2n) is 6.55. The molecule has 0 aliphatic carbocycles. The molecule has 0 radical (unpaired) electrons. The van der Waals surface area contributed by atoms with E-state index in [9.17, 15) is 13.2 Å². The van der Waals surface area contributed by atoms with E-state index in [1.165, 1.54) is 0 Å². The number of fused-ring (bicyclic) bond motifs is 1. The number of sulfonamides is 1. The third-order valence-corrected chi connectivity index (χ3v) is 6.16. The lowest BCUT2D eigenvalue weighted by atomic mass is 9.97. The van der Waals surface area contributed by atoms with Gasteiger partial charge in [-0.15, -0.1) is 0 Å². The van der Waals surface area contributed by atoms with Gasteiger partial charge in [0.05, 0.1) is 5.75 Å². The van der Waals surface area contributed by atoms with Crippen LogP contribution in [-0.2, 0) is 10.0 Å². The zero-order valence-electron chi connectivity index (χ0n) is 14.4. The second-order valence-corrected chi connectivity index (χ2v) is 8.48. The fraction of sp³-hybridized carbons (Fsp3) is 0.500. The van der Waals surface area contributed by atoms with Gasteiger partial charge in [0.1, 0.15) is 5.58 Å². The normalized spacial score (nSPS) is 16.4. The highest BCUT2D eigenvalue weighted by Gasteiger charge is 2.26. The van der Waals surface area contributed by atoms with E-state index < -0.39 is 10.0 Å². The van der Waals surface area contributed by atoms with Gasteiger partial charge in [0.2, 0.25) is 10.0 Å². The molecule has 1 aliphatic heterocycles. The molecule has 1 saturated heterocycles. The van der Waals surface area contributed by atoms with E-state index in [0.29, 0.717) is 37.4 Å². The monoisotopic (exact) mass is 364 g/mol. The average Bonchev–Trinajstić information content (AvgIpc) is 3.04. The summed E-state index contributed by atoms with van der Waals surface area (Å²) in [6, 6.07) is 9.34. The number of hydrogen-bond acceptors (Lipinski definition) is 4. The molecule has 1 aromatic heterocycles. The summed E-state index contributed by atoms with van der Waals surface area (Å²) >= 11 is 0. The average molecular weight is 364 g/mol. The maximum Gasteiger partial charge on any atom is 0.289 e. The van der Waals surface area contributed by atoms with E-state index >= 15 is 0 Å². The number of benzene rings is 1. The van der Waals surface area contributed by atoms with Crippen LogP contribution in [0, 0.1) is 5.92 Å². The number of hydrogen-bond donors (Lipinski definition) is 1. The van der Waals surface area contributed by atoms with Crippen LogP contribution in [0.4, 0.5) is 0 Å². The van der Waals surface area contributed by atoms with Gasteiger partial charge < -0.3 is 9.32 Å². The van der Waals surface area contributed by atoms with Crippen molar-refractivity contribution in [3.05, 3.63) is 36.1 Å². The molecule has 136 valence electrons. The second kappa shape index (κ2) is 7.58. The third-order valence-electron chi connectivity index (χ3n) is 4.60. The number of rotatable bonds is 6. The summed E-state index contributed by atoms with van der Waals surface area (Å²) in [7, 11) is -3.16. The number of amides is 1. The van der Waals surface area contributed by atoms with Gasteiger partial charge in [-0.2, -0.15) is 0 Å². The molecule has 0 unspecified atom stereocenters. The van der Waals surface area contributed by atoms with Crippen LogP contribution in [0.25, 0.3) is 11.0 Å². The Morgan fingerprint density at radius 1 is 1.28 bits per heavy atom. The summed E-state index contributed by atoms with van der Waals surface area (Å²) in [5, 5.41) is 0.922. The first-order valence-corrected chi connectivity index (χ1v) is 10.4. The van der Waals surface area contributed by atoms with E-state index in [1.807, 2.05) is 31.2 Å². The minimum absolute atomic E-state index is 0.0961. The standard InChI is InChI=1S/C18H24N2O4S/c1-2-11-25(22,23)19-13-14-7-9-20(10-8-14)18(21)17-12-15-5-3-4-6-16(15)24-17/h3-6,12,14,19H,2,7-11,13H2,1H3. The molecule has 1 fully saturated rings. The van der Waals surface area contributed by atoms with E-state index in [-0.39, 0.29) is 17.6 Å². The van der Waals surface area contributed by atoms with E-state index in [2.05, 4.69) is 4.72 Å². The number of nitrogens with zero attached hydrogens (tertiary/aromatic N) is 1. The molecule has 0 atom stereocenters. The number of carbonyl (C=O) groups is 1. The van der Waals surface area contributed by atoms with Crippen LogP contribution >= 0.6 is 0 Å². The van der Waals surface area contributed by atoms with Crippen molar-refractivity contribution in [3.8, 4) is 0 Å². The summed E-state index contributed by atoms with van der Waals surface area (Å²) in [5.74, 6) is 0.701. The van der Waals surface area contributed by atoms with Gasteiger partial charge >= 0.3 is 0 Å². The molecular formula is C18H24N2O4S. The van der Waals surface area contributed by atoms with Crippen molar-refractivity contribution >= 4 is 26.9 Å². The highest BCUT2D eigenvalue weighted by molar-refractivity contribution is 7.89. The summed E-state index contributed by atoms with van der Waals surface area (Å²) in [6.45, 7) is 3.54. The minimum atomic E-state index is -3.16. The Morgan fingerprint density at radius 3 is 2.68 bits per heavy atom. The predicted octanol–water partition coefficient (Wildman–Crippen LogP) is 2.61. The molecular weight excluding hydrogens is 340 g/mol. The largest absolute Gasteiger partial charge is 0.451 e. The number of nitrogens with one attached hydrogen (secondary N) is 1. The van der Waals surface area contributed by atoms with Crippen molar-refractivity contribution in [2.75, 3.05) is 25.4 Å². The van der Waals surface area contributed by atoms with E-state index in [1.54, 1.807) is 11.0 Å². The fourth-order valence-corrected chi connectivity index (χ4v) is 4.34. The number of furan rings is 1. The Hall–Kier alpha value is -1.86. The molecule has 2 heterocycles. The SMILES string of the molecule is CCCS(=O)(=O)NCC1CCN(C(=O)c2cc3ccccc3o2)CC1. The summed E-state index contributed by atoms with van der Waals surface area (Å²) < 4.78 is 31.8. The molecule has 1 amide bonds. The van der Waals surface area contributed by atoms with Crippen LogP contribution in [0.15, 0.2) is 34.7 Å². The Bertz CT molecular complexity index is 803. The van der Waals surface area contributed by atoms with Crippen LogP contribution in [0.5, 0.6) is 0 Å². The minimum Gasteiger partial charge on any atom is -0.451 e. The van der Waals surface area contributed by atoms with Crippen LogP contribution < -0.4 is 4.72 Å². The lowest BCUT2D eigenvalue weighted by molar-refractivity contribution is 0.0662. The van der Waals surface area contributed by atoms with E-state index in [4.69, 9.17) is 4.42 Å². The lowest BCUT2D eigenvalue weighted by Gasteiger charge is -2.31. The molecule has 2 aromatic rings. The topological polar surface area (TPSA) is 79.6 Å². The van der Waals surface area contributed by atoms with Crippen molar-refractivity contribution in [2.45, 2.75) is 26.2 Å². The van der Waals surface area contributed by atoms with Crippen molar-refractivity contribution in [2.24, 2.45) is 5.92 Å². The summed E-state index contributed by atoms with van der Waals surface area (Å²) in [5.41, 5.74) is 0.714. The maximum atomic E-state index is 12.6. The van der Waals surface area contributed by atoms with Gasteiger partial charge in [0.15, 0.2) is 5.76 Å². The highest BCUT2D eigenvalue weighted by atomic mass is 32.2. The Kier molecular flexibility index (Phi) is 5.44. The molecule has 6 nitrogen and oxygen atoms in total. The highest BCUT2D eigenvalue weighted by Crippen LogP contribution is 2.23. The van der Waals surface area contributed by atoms with Gasteiger partial charge in [-0.1, -0.05) is 25.1 Å². The van der Waals surface area contributed by atoms with Gasteiger partial charge in [-0.3, -0.25) is 4.79 Å². The zero-order chi connectivity index (χ0) is 17.9. The predicted molar refractivity (Wildman–Crippen MR) is 96.9 cm³/mol. The number of para-hydroxylation sites is 1. The molecule has 1 N–H and O–H groups in total. The number of likely N-dealkylation sites (tertiary alicyclic amines) is 1. The summed E-state index contributed by atoms with van der Waals surface area (Å²) in [4.78, 5) is 14.4. The van der Waals surface area contributed by atoms with Gasteiger partial charge in [-0.25, -0.2) is 13.1 Å². The Balaban J connectivity index is 1.54. The molecule has 3 rings (SSSR count).